The van der Waals surface area contributed by atoms with Crippen LogP contribution < -0.4 is 0 Å². The second-order valence-corrected chi connectivity index (χ2v) is 4.80. The van der Waals surface area contributed by atoms with E-state index >= 15 is 0 Å². The predicted octanol–water partition coefficient (Wildman–Crippen LogP) is 3.56. The molecule has 1 aromatic carbocycles. The van der Waals surface area contributed by atoms with Crippen molar-refractivity contribution >= 4 is 28.0 Å². The summed E-state index contributed by atoms with van der Waals surface area (Å²) in [6.45, 7) is 1.92. The Kier molecular flexibility index (Phi) is 3.44. The summed E-state index contributed by atoms with van der Waals surface area (Å²) in [5.74, 6) is -0.186. The second kappa shape index (κ2) is 4.83. The van der Waals surface area contributed by atoms with Crippen LogP contribution in [-0.4, -0.2) is 12.1 Å². The minimum atomic E-state index is -0.186. The molecule has 0 spiro atoms. The van der Waals surface area contributed by atoms with Gasteiger partial charge in [0.2, 0.25) is 0 Å². The van der Waals surface area contributed by atoms with Crippen LogP contribution in [0.5, 0.6) is 0 Å². The Morgan fingerprint density at radius 1 is 1.44 bits per heavy atom. The molecule has 2 nitrogen and oxygen atoms in total. The van der Waals surface area contributed by atoms with Gasteiger partial charge in [-0.15, -0.1) is 0 Å². The molecule has 1 saturated heterocycles. The van der Waals surface area contributed by atoms with Gasteiger partial charge in [-0.3, -0.25) is 0 Å². The summed E-state index contributed by atoms with van der Waals surface area (Å²) in [6, 6.07) is 7.84. The van der Waals surface area contributed by atoms with Crippen LogP contribution in [0.4, 0.5) is 0 Å². The number of carbonyl (C=O) groups excluding carboxylic acids is 1. The quantitative estimate of drug-likeness (QED) is 0.581. The zero-order valence-corrected chi connectivity index (χ0v) is 10.7. The van der Waals surface area contributed by atoms with E-state index in [4.69, 9.17) is 4.74 Å². The zero-order valence-electron chi connectivity index (χ0n) is 9.07. The van der Waals surface area contributed by atoms with E-state index in [1.807, 2.05) is 37.3 Å². The summed E-state index contributed by atoms with van der Waals surface area (Å²) in [5.41, 5.74) is 1.77. The number of cyclic esters (lactones) is 1. The lowest BCUT2D eigenvalue weighted by molar-refractivity contribution is -0.146. The number of esters is 1. The van der Waals surface area contributed by atoms with E-state index in [2.05, 4.69) is 15.9 Å². The SMILES string of the molecule is CC1CC/C(=C\c2ccccc2Br)C(=O)O1. The molecule has 0 bridgehead atoms. The van der Waals surface area contributed by atoms with Crippen LogP contribution in [-0.2, 0) is 9.53 Å². The molecule has 0 amide bonds. The molecular weight excluding hydrogens is 268 g/mol. The molecule has 0 saturated carbocycles. The summed E-state index contributed by atoms with van der Waals surface area (Å²) in [7, 11) is 0. The average molecular weight is 281 g/mol. The Bertz CT molecular complexity index is 437. The van der Waals surface area contributed by atoms with Gasteiger partial charge in [0.15, 0.2) is 0 Å². The molecule has 84 valence electrons. The van der Waals surface area contributed by atoms with Crippen LogP contribution in [0.25, 0.3) is 6.08 Å². The highest BCUT2D eigenvalue weighted by Gasteiger charge is 2.21. The molecule has 0 aliphatic carbocycles. The van der Waals surface area contributed by atoms with E-state index in [0.717, 1.165) is 28.5 Å². The summed E-state index contributed by atoms with van der Waals surface area (Å²) in [6.07, 6.45) is 3.64. The Morgan fingerprint density at radius 3 is 2.88 bits per heavy atom. The fourth-order valence-electron chi connectivity index (χ4n) is 1.69. The van der Waals surface area contributed by atoms with Gasteiger partial charge >= 0.3 is 5.97 Å². The van der Waals surface area contributed by atoms with Crippen molar-refractivity contribution in [3.05, 3.63) is 39.9 Å². The summed E-state index contributed by atoms with van der Waals surface area (Å²) >= 11 is 3.46. The first kappa shape index (κ1) is 11.4. The van der Waals surface area contributed by atoms with E-state index < -0.39 is 0 Å². The van der Waals surface area contributed by atoms with Crippen molar-refractivity contribution in [3.63, 3.8) is 0 Å². The summed E-state index contributed by atoms with van der Waals surface area (Å²) < 4.78 is 6.18. The van der Waals surface area contributed by atoms with Crippen molar-refractivity contribution in [1.82, 2.24) is 0 Å². The molecule has 16 heavy (non-hydrogen) atoms. The molecule has 1 aliphatic heterocycles. The van der Waals surface area contributed by atoms with Crippen molar-refractivity contribution in [2.45, 2.75) is 25.9 Å². The lowest BCUT2D eigenvalue weighted by Gasteiger charge is -2.20. The number of halogens is 1. The first-order chi connectivity index (χ1) is 7.66. The molecule has 3 heteroatoms. The molecule has 2 rings (SSSR count). The Balaban J connectivity index is 2.25. The minimum Gasteiger partial charge on any atom is -0.459 e. The normalized spacial score (nSPS) is 23.2. The third-order valence-corrected chi connectivity index (χ3v) is 3.35. The molecule has 1 atom stereocenters. The highest BCUT2D eigenvalue weighted by molar-refractivity contribution is 9.10. The third kappa shape index (κ3) is 2.53. The van der Waals surface area contributed by atoms with Gasteiger partial charge in [0, 0.05) is 10.0 Å². The maximum absolute atomic E-state index is 11.6. The molecular formula is C13H13BrO2. The van der Waals surface area contributed by atoms with E-state index in [9.17, 15) is 4.79 Å². The lowest BCUT2D eigenvalue weighted by atomic mass is 10.0. The predicted molar refractivity (Wildman–Crippen MR) is 66.9 cm³/mol. The van der Waals surface area contributed by atoms with Crippen LogP contribution >= 0.6 is 15.9 Å². The van der Waals surface area contributed by atoms with Gasteiger partial charge in [-0.05, 0) is 37.5 Å². The van der Waals surface area contributed by atoms with Gasteiger partial charge in [-0.25, -0.2) is 4.79 Å². The number of rotatable bonds is 1. The van der Waals surface area contributed by atoms with Gasteiger partial charge in [-0.2, -0.15) is 0 Å². The highest BCUT2D eigenvalue weighted by atomic mass is 79.9. The van der Waals surface area contributed by atoms with Crippen LogP contribution in [0.1, 0.15) is 25.3 Å². The fraction of sp³-hybridized carbons (Fsp3) is 0.308. The standard InChI is InChI=1S/C13H13BrO2/c1-9-6-7-11(13(15)16-9)8-10-4-2-3-5-12(10)14/h2-5,8-9H,6-7H2,1H3/b11-8+. The van der Waals surface area contributed by atoms with E-state index in [-0.39, 0.29) is 12.1 Å². The minimum absolute atomic E-state index is 0.0452. The van der Waals surface area contributed by atoms with E-state index in [1.165, 1.54) is 0 Å². The summed E-state index contributed by atoms with van der Waals surface area (Å²) in [5, 5.41) is 0. The molecule has 1 aliphatic rings. The molecule has 0 aromatic heterocycles. The molecule has 1 fully saturated rings. The third-order valence-electron chi connectivity index (χ3n) is 2.63. The first-order valence-corrected chi connectivity index (χ1v) is 6.12. The maximum Gasteiger partial charge on any atom is 0.334 e. The smallest absolute Gasteiger partial charge is 0.334 e. The molecule has 0 N–H and O–H groups in total. The van der Waals surface area contributed by atoms with Crippen LogP contribution in [0.3, 0.4) is 0 Å². The summed E-state index contributed by atoms with van der Waals surface area (Å²) in [4.78, 5) is 11.6. The van der Waals surface area contributed by atoms with Gasteiger partial charge < -0.3 is 4.74 Å². The monoisotopic (exact) mass is 280 g/mol. The first-order valence-electron chi connectivity index (χ1n) is 5.33. The van der Waals surface area contributed by atoms with Crippen molar-refractivity contribution < 1.29 is 9.53 Å². The Labute approximate surface area is 103 Å². The molecule has 1 heterocycles. The van der Waals surface area contributed by atoms with Gasteiger partial charge in [-0.1, -0.05) is 34.1 Å². The largest absolute Gasteiger partial charge is 0.459 e. The van der Waals surface area contributed by atoms with Crippen molar-refractivity contribution in [2.24, 2.45) is 0 Å². The fourth-order valence-corrected chi connectivity index (χ4v) is 2.09. The number of hydrogen-bond donors (Lipinski definition) is 0. The van der Waals surface area contributed by atoms with Crippen LogP contribution in [0, 0.1) is 0 Å². The number of carbonyl (C=O) groups is 1. The second-order valence-electron chi connectivity index (χ2n) is 3.95. The molecule has 1 unspecified atom stereocenters. The Morgan fingerprint density at radius 2 is 2.19 bits per heavy atom. The topological polar surface area (TPSA) is 26.3 Å². The van der Waals surface area contributed by atoms with Crippen LogP contribution in [0.2, 0.25) is 0 Å². The van der Waals surface area contributed by atoms with E-state index in [0.29, 0.717) is 0 Å². The highest BCUT2D eigenvalue weighted by Crippen LogP contribution is 2.24. The van der Waals surface area contributed by atoms with Gasteiger partial charge in [0.25, 0.3) is 0 Å². The van der Waals surface area contributed by atoms with Crippen molar-refractivity contribution in [1.29, 1.82) is 0 Å². The number of ether oxygens (including phenoxy) is 1. The van der Waals surface area contributed by atoms with Gasteiger partial charge in [0.1, 0.15) is 0 Å². The number of hydrogen-bond acceptors (Lipinski definition) is 2. The van der Waals surface area contributed by atoms with E-state index in [1.54, 1.807) is 0 Å². The average Bonchev–Trinajstić information content (AvgIpc) is 2.25. The maximum atomic E-state index is 11.6. The van der Waals surface area contributed by atoms with Gasteiger partial charge in [0.05, 0.1) is 6.10 Å². The van der Waals surface area contributed by atoms with Crippen molar-refractivity contribution in [3.8, 4) is 0 Å². The zero-order chi connectivity index (χ0) is 11.5. The van der Waals surface area contributed by atoms with Crippen LogP contribution in [0.15, 0.2) is 34.3 Å². The lowest BCUT2D eigenvalue weighted by Crippen LogP contribution is -2.22. The van der Waals surface area contributed by atoms with Crippen molar-refractivity contribution in [2.75, 3.05) is 0 Å². The number of benzene rings is 1. The molecule has 1 aromatic rings. The molecule has 0 radical (unpaired) electrons. The Hall–Kier alpha value is -1.09.